The van der Waals surface area contributed by atoms with Gasteiger partial charge in [0.1, 0.15) is 0 Å². The number of rotatable bonds is 1. The first-order chi connectivity index (χ1) is 5.27. The topological polar surface area (TPSA) is 32.3 Å². The normalized spacial score (nSPS) is 49.6. The lowest BCUT2D eigenvalue weighted by molar-refractivity contribution is -0.0166. The zero-order valence-corrected chi connectivity index (χ0v) is 7.14. The molecule has 64 valence electrons. The minimum absolute atomic E-state index is 0.231. The first-order valence-electron chi connectivity index (χ1n) is 4.61. The Morgan fingerprint density at radius 3 is 2.82 bits per heavy atom. The first-order valence-corrected chi connectivity index (χ1v) is 4.61. The Balaban J connectivity index is 2.16. The third kappa shape index (κ3) is 1.00. The zero-order chi connectivity index (χ0) is 7.90. The van der Waals surface area contributed by atoms with Crippen molar-refractivity contribution in [2.75, 3.05) is 13.2 Å². The lowest BCUT2D eigenvalue weighted by Gasteiger charge is -2.50. The first kappa shape index (κ1) is 7.56. The molecule has 2 N–H and O–H groups in total. The second kappa shape index (κ2) is 2.46. The van der Waals surface area contributed by atoms with Crippen LogP contribution in [0.4, 0.5) is 0 Å². The van der Waals surface area contributed by atoms with Gasteiger partial charge < -0.3 is 10.4 Å². The maximum Gasteiger partial charge on any atom is 0.0502 e. The smallest absolute Gasteiger partial charge is 0.0502 e. The Labute approximate surface area is 68.0 Å². The fourth-order valence-electron chi connectivity index (χ4n) is 2.59. The van der Waals surface area contributed by atoms with Crippen molar-refractivity contribution in [2.24, 2.45) is 11.3 Å². The molecule has 0 radical (unpaired) electrons. The predicted octanol–water partition coefficient (Wildman–Crippen LogP) is 0.757. The molecule has 2 aliphatic heterocycles. The van der Waals surface area contributed by atoms with Crippen molar-refractivity contribution in [1.29, 1.82) is 0 Å². The summed E-state index contributed by atoms with van der Waals surface area (Å²) < 4.78 is 0. The highest BCUT2D eigenvalue weighted by atomic mass is 16.3. The number of hydrogen-bond donors (Lipinski definition) is 2. The van der Waals surface area contributed by atoms with Crippen molar-refractivity contribution in [2.45, 2.75) is 32.2 Å². The molecule has 11 heavy (non-hydrogen) atoms. The maximum absolute atomic E-state index is 9.30. The highest BCUT2D eigenvalue weighted by Crippen LogP contribution is 2.43. The molecule has 0 aromatic heterocycles. The predicted molar refractivity (Wildman–Crippen MR) is 44.3 cm³/mol. The number of aliphatic hydroxyl groups excluding tert-OH is 1. The largest absolute Gasteiger partial charge is 0.396 e. The molecule has 2 nitrogen and oxygen atoms in total. The van der Waals surface area contributed by atoms with Crippen molar-refractivity contribution < 1.29 is 5.11 Å². The van der Waals surface area contributed by atoms with Crippen molar-refractivity contribution in [3.8, 4) is 0 Å². The van der Waals surface area contributed by atoms with Gasteiger partial charge in [0.2, 0.25) is 0 Å². The third-order valence-corrected chi connectivity index (χ3v) is 3.73. The molecule has 1 aliphatic carbocycles. The lowest BCUT2D eigenvalue weighted by atomic mass is 9.63. The van der Waals surface area contributed by atoms with Crippen LogP contribution in [0.15, 0.2) is 0 Å². The molecule has 3 rings (SSSR count). The van der Waals surface area contributed by atoms with E-state index in [1.807, 2.05) is 0 Å². The van der Waals surface area contributed by atoms with Crippen LogP contribution in [0, 0.1) is 11.3 Å². The van der Waals surface area contributed by atoms with Gasteiger partial charge in [0.05, 0.1) is 6.61 Å². The Hall–Kier alpha value is -0.0800. The molecule has 0 spiro atoms. The quantitative estimate of drug-likeness (QED) is 0.586. The van der Waals surface area contributed by atoms with Crippen LogP contribution >= 0.6 is 0 Å². The van der Waals surface area contributed by atoms with E-state index in [9.17, 15) is 5.11 Å². The van der Waals surface area contributed by atoms with Gasteiger partial charge in [-0.05, 0) is 25.2 Å². The average Bonchev–Trinajstić information content (AvgIpc) is 2.07. The van der Waals surface area contributed by atoms with E-state index < -0.39 is 0 Å². The van der Waals surface area contributed by atoms with Crippen molar-refractivity contribution >= 4 is 0 Å². The number of fused-ring (bicyclic) bond motifs is 3. The van der Waals surface area contributed by atoms with Gasteiger partial charge in [-0.2, -0.15) is 0 Å². The standard InChI is InChI=1S/C9H17NO/c1-7-4-8-2-3-9(7,6-11)5-10-8/h7-8,10-11H,2-6H2,1H3. The Bertz CT molecular complexity index is 150. The molecule has 3 fully saturated rings. The molecule has 3 unspecified atom stereocenters. The number of hydrogen-bond acceptors (Lipinski definition) is 2. The average molecular weight is 155 g/mol. The summed E-state index contributed by atoms with van der Waals surface area (Å²) in [5, 5.41) is 12.8. The molecular formula is C9H17NO. The molecule has 2 saturated heterocycles. The summed E-state index contributed by atoms with van der Waals surface area (Å²) >= 11 is 0. The van der Waals surface area contributed by atoms with E-state index in [0.717, 1.165) is 12.6 Å². The molecule has 2 heteroatoms. The summed E-state index contributed by atoms with van der Waals surface area (Å²) in [6.07, 6.45) is 3.76. The highest BCUT2D eigenvalue weighted by molar-refractivity contribution is 4.99. The monoisotopic (exact) mass is 155 g/mol. The zero-order valence-electron chi connectivity index (χ0n) is 7.14. The van der Waals surface area contributed by atoms with Gasteiger partial charge in [-0.1, -0.05) is 6.92 Å². The minimum atomic E-state index is 0.231. The van der Waals surface area contributed by atoms with Crippen molar-refractivity contribution in [1.82, 2.24) is 5.32 Å². The van der Waals surface area contributed by atoms with Crippen LogP contribution in [0.2, 0.25) is 0 Å². The molecule has 3 atom stereocenters. The molecule has 2 heterocycles. The SMILES string of the molecule is CC1CC2CCC1(CO)CN2. The summed E-state index contributed by atoms with van der Waals surface area (Å²) in [5.74, 6) is 0.715. The molecule has 3 aliphatic rings. The fraction of sp³-hybridized carbons (Fsp3) is 1.00. The van der Waals surface area contributed by atoms with Crippen LogP contribution in [-0.2, 0) is 0 Å². The Kier molecular flexibility index (Phi) is 1.69. The summed E-state index contributed by atoms with van der Waals surface area (Å²) in [5.41, 5.74) is 0.231. The van der Waals surface area contributed by atoms with Crippen LogP contribution in [0.5, 0.6) is 0 Å². The van der Waals surface area contributed by atoms with Gasteiger partial charge >= 0.3 is 0 Å². The van der Waals surface area contributed by atoms with Gasteiger partial charge in [0, 0.05) is 18.0 Å². The highest BCUT2D eigenvalue weighted by Gasteiger charge is 2.44. The molecule has 1 saturated carbocycles. The van der Waals surface area contributed by atoms with E-state index in [0.29, 0.717) is 12.5 Å². The molecule has 0 amide bonds. The van der Waals surface area contributed by atoms with E-state index >= 15 is 0 Å². The summed E-state index contributed by atoms with van der Waals surface area (Å²) in [7, 11) is 0. The third-order valence-electron chi connectivity index (χ3n) is 3.73. The van der Waals surface area contributed by atoms with Gasteiger partial charge in [-0.3, -0.25) is 0 Å². The van der Waals surface area contributed by atoms with E-state index in [1.54, 1.807) is 0 Å². The summed E-state index contributed by atoms with van der Waals surface area (Å²) in [6, 6.07) is 0.749. The van der Waals surface area contributed by atoms with Crippen LogP contribution in [0.1, 0.15) is 26.2 Å². The minimum Gasteiger partial charge on any atom is -0.396 e. The van der Waals surface area contributed by atoms with Crippen LogP contribution in [0.25, 0.3) is 0 Å². The lowest BCUT2D eigenvalue weighted by Crippen LogP contribution is -2.57. The van der Waals surface area contributed by atoms with Gasteiger partial charge in [0.15, 0.2) is 0 Å². The number of piperidine rings is 2. The molecule has 2 bridgehead atoms. The number of aliphatic hydroxyl groups is 1. The van der Waals surface area contributed by atoms with Gasteiger partial charge in [-0.25, -0.2) is 0 Å². The second-order valence-electron chi connectivity index (χ2n) is 4.27. The Morgan fingerprint density at radius 2 is 2.45 bits per heavy atom. The van der Waals surface area contributed by atoms with Gasteiger partial charge in [-0.15, -0.1) is 0 Å². The van der Waals surface area contributed by atoms with E-state index in [1.165, 1.54) is 19.3 Å². The summed E-state index contributed by atoms with van der Waals surface area (Å²) in [4.78, 5) is 0. The van der Waals surface area contributed by atoms with Crippen LogP contribution in [-0.4, -0.2) is 24.3 Å². The molecule has 0 aromatic rings. The molecular weight excluding hydrogens is 138 g/mol. The Morgan fingerprint density at radius 1 is 1.64 bits per heavy atom. The maximum atomic E-state index is 9.30. The van der Waals surface area contributed by atoms with Gasteiger partial charge in [0.25, 0.3) is 0 Å². The summed E-state index contributed by atoms with van der Waals surface area (Å²) in [6.45, 7) is 3.69. The second-order valence-corrected chi connectivity index (χ2v) is 4.27. The number of nitrogens with one attached hydrogen (secondary N) is 1. The van der Waals surface area contributed by atoms with E-state index in [4.69, 9.17) is 0 Å². The van der Waals surface area contributed by atoms with Crippen LogP contribution < -0.4 is 5.32 Å². The van der Waals surface area contributed by atoms with E-state index in [-0.39, 0.29) is 5.41 Å². The van der Waals surface area contributed by atoms with Crippen molar-refractivity contribution in [3.05, 3.63) is 0 Å². The fourth-order valence-corrected chi connectivity index (χ4v) is 2.59. The van der Waals surface area contributed by atoms with Crippen molar-refractivity contribution in [3.63, 3.8) is 0 Å². The van der Waals surface area contributed by atoms with E-state index in [2.05, 4.69) is 12.2 Å². The van der Waals surface area contributed by atoms with Crippen LogP contribution in [0.3, 0.4) is 0 Å². The molecule has 0 aromatic carbocycles.